The highest BCUT2D eigenvalue weighted by Gasteiger charge is 1.93. The third-order valence-corrected chi connectivity index (χ3v) is 1.48. The van der Waals surface area contributed by atoms with Crippen molar-refractivity contribution < 1.29 is 0 Å². The minimum atomic E-state index is 0.704. The molecule has 1 N–H and O–H groups in total. The van der Waals surface area contributed by atoms with Gasteiger partial charge in [0, 0.05) is 6.04 Å². The van der Waals surface area contributed by atoms with Crippen molar-refractivity contribution in [3.8, 4) is 0 Å². The van der Waals surface area contributed by atoms with E-state index in [-0.39, 0.29) is 0 Å². The molecule has 0 saturated carbocycles. The highest BCUT2D eigenvalue weighted by atomic mass is 14.8. The molecule has 1 unspecified atom stereocenters. The SMILES string of the molecule is CC.CCC.CCCCC(C)NC. The largest absolute Gasteiger partial charge is 0.317 e. The van der Waals surface area contributed by atoms with Gasteiger partial charge in [0.1, 0.15) is 0 Å². The van der Waals surface area contributed by atoms with Crippen LogP contribution in [0.3, 0.4) is 0 Å². The summed E-state index contributed by atoms with van der Waals surface area (Å²) in [4.78, 5) is 0. The molecule has 1 heteroatoms. The van der Waals surface area contributed by atoms with Crippen LogP contribution in [0.15, 0.2) is 0 Å². The predicted octanol–water partition coefficient (Wildman–Crippen LogP) is 4.23. The van der Waals surface area contributed by atoms with Crippen molar-refractivity contribution in [2.45, 2.75) is 73.3 Å². The number of rotatable bonds is 4. The van der Waals surface area contributed by atoms with Crippen LogP contribution in [0.1, 0.15) is 67.2 Å². The maximum absolute atomic E-state index is 3.20. The van der Waals surface area contributed by atoms with Crippen molar-refractivity contribution in [1.82, 2.24) is 5.32 Å². The Morgan fingerprint density at radius 1 is 1.08 bits per heavy atom. The van der Waals surface area contributed by atoms with Crippen molar-refractivity contribution in [2.24, 2.45) is 0 Å². The van der Waals surface area contributed by atoms with Gasteiger partial charge in [-0.2, -0.15) is 0 Å². The normalized spacial score (nSPS) is 10.4. The summed E-state index contributed by atoms with van der Waals surface area (Å²) >= 11 is 0. The van der Waals surface area contributed by atoms with E-state index in [0.29, 0.717) is 6.04 Å². The standard InChI is InChI=1S/C7H17N.C3H8.C2H6/c1-4-5-6-7(2)8-3;1-3-2;1-2/h7-8H,4-6H2,1-3H3;3H2,1-2H3;1-2H3. The van der Waals surface area contributed by atoms with E-state index >= 15 is 0 Å². The van der Waals surface area contributed by atoms with Crippen LogP contribution in [0.25, 0.3) is 0 Å². The molecule has 13 heavy (non-hydrogen) atoms. The zero-order chi connectivity index (χ0) is 11.1. The molecule has 0 saturated heterocycles. The average molecular weight is 189 g/mol. The molecule has 0 aliphatic heterocycles. The van der Waals surface area contributed by atoms with Crippen molar-refractivity contribution in [3.05, 3.63) is 0 Å². The second-order valence-corrected chi connectivity index (χ2v) is 3.04. The summed E-state index contributed by atoms with van der Waals surface area (Å²) in [5.41, 5.74) is 0. The molecule has 0 heterocycles. The molecule has 0 fully saturated rings. The molecule has 1 atom stereocenters. The van der Waals surface area contributed by atoms with Crippen LogP contribution in [0.4, 0.5) is 0 Å². The Balaban J connectivity index is -0.000000169. The lowest BCUT2D eigenvalue weighted by atomic mass is 10.1. The van der Waals surface area contributed by atoms with Crippen molar-refractivity contribution >= 4 is 0 Å². The van der Waals surface area contributed by atoms with Gasteiger partial charge in [-0.25, -0.2) is 0 Å². The highest BCUT2D eigenvalue weighted by Crippen LogP contribution is 1.97. The fraction of sp³-hybridized carbons (Fsp3) is 1.00. The van der Waals surface area contributed by atoms with Gasteiger partial charge in [0.25, 0.3) is 0 Å². The van der Waals surface area contributed by atoms with E-state index in [0.717, 1.165) is 0 Å². The molecule has 0 aromatic carbocycles. The molecule has 0 spiro atoms. The smallest absolute Gasteiger partial charge is 0.00357 e. The summed E-state index contributed by atoms with van der Waals surface area (Å²) in [7, 11) is 2.01. The Bertz CT molecular complexity index is 53.1. The fourth-order valence-electron chi connectivity index (χ4n) is 0.655. The van der Waals surface area contributed by atoms with Crippen LogP contribution in [0, 0.1) is 0 Å². The lowest BCUT2D eigenvalue weighted by Gasteiger charge is -2.06. The third-order valence-electron chi connectivity index (χ3n) is 1.48. The molecular weight excluding hydrogens is 158 g/mol. The molecule has 0 amide bonds. The molecule has 0 aromatic rings. The summed E-state index contributed by atoms with van der Waals surface area (Å²) in [6, 6.07) is 0.704. The summed E-state index contributed by atoms with van der Waals surface area (Å²) < 4.78 is 0. The van der Waals surface area contributed by atoms with E-state index in [1.54, 1.807) is 0 Å². The quantitative estimate of drug-likeness (QED) is 0.698. The molecule has 0 rings (SSSR count). The molecule has 0 radical (unpaired) electrons. The Hall–Kier alpha value is -0.0400. The second kappa shape index (κ2) is 22.7. The van der Waals surface area contributed by atoms with Gasteiger partial charge in [-0.1, -0.05) is 53.9 Å². The average Bonchev–Trinajstić information content (AvgIpc) is 2.18. The first-order chi connectivity index (χ1) is 6.22. The van der Waals surface area contributed by atoms with Crippen molar-refractivity contribution in [1.29, 1.82) is 0 Å². The molecule has 0 aliphatic carbocycles. The first-order valence-electron chi connectivity index (χ1n) is 5.90. The molecule has 84 valence electrons. The monoisotopic (exact) mass is 189 g/mol. The fourth-order valence-corrected chi connectivity index (χ4v) is 0.655. The Morgan fingerprint density at radius 2 is 1.46 bits per heavy atom. The Labute approximate surface area is 86.3 Å². The second-order valence-electron chi connectivity index (χ2n) is 3.04. The van der Waals surface area contributed by atoms with Gasteiger partial charge < -0.3 is 5.32 Å². The van der Waals surface area contributed by atoms with Gasteiger partial charge in [-0.05, 0) is 20.4 Å². The van der Waals surface area contributed by atoms with Gasteiger partial charge in [-0.3, -0.25) is 0 Å². The lowest BCUT2D eigenvalue weighted by Crippen LogP contribution is -2.20. The first kappa shape index (κ1) is 18.7. The van der Waals surface area contributed by atoms with Gasteiger partial charge in [0.2, 0.25) is 0 Å². The zero-order valence-corrected chi connectivity index (χ0v) is 10.9. The van der Waals surface area contributed by atoms with Crippen LogP contribution in [-0.2, 0) is 0 Å². The van der Waals surface area contributed by atoms with E-state index in [1.807, 2.05) is 20.9 Å². The van der Waals surface area contributed by atoms with E-state index in [1.165, 1.54) is 25.7 Å². The summed E-state index contributed by atoms with van der Waals surface area (Å²) in [5, 5.41) is 3.20. The maximum Gasteiger partial charge on any atom is 0.00357 e. The summed E-state index contributed by atoms with van der Waals surface area (Å²) in [5.74, 6) is 0. The van der Waals surface area contributed by atoms with Gasteiger partial charge in [0.05, 0.1) is 0 Å². The summed E-state index contributed by atoms with van der Waals surface area (Å²) in [6.07, 6.45) is 5.22. The van der Waals surface area contributed by atoms with Crippen molar-refractivity contribution in [2.75, 3.05) is 7.05 Å². The molecule has 1 nitrogen and oxygen atoms in total. The maximum atomic E-state index is 3.20. The van der Waals surface area contributed by atoms with E-state index < -0.39 is 0 Å². The number of nitrogens with one attached hydrogen (secondary N) is 1. The van der Waals surface area contributed by atoms with Crippen LogP contribution >= 0.6 is 0 Å². The Kier molecular flexibility index (Phi) is 32.6. The third kappa shape index (κ3) is 33.4. The van der Waals surface area contributed by atoms with Gasteiger partial charge >= 0.3 is 0 Å². The minimum absolute atomic E-state index is 0.704. The number of hydrogen-bond acceptors (Lipinski definition) is 1. The topological polar surface area (TPSA) is 12.0 Å². The number of unbranched alkanes of at least 4 members (excludes halogenated alkanes) is 1. The van der Waals surface area contributed by atoms with E-state index in [9.17, 15) is 0 Å². The van der Waals surface area contributed by atoms with Crippen LogP contribution in [-0.4, -0.2) is 13.1 Å². The molecule has 0 aliphatic rings. The predicted molar refractivity (Wildman–Crippen MR) is 65.4 cm³/mol. The first-order valence-corrected chi connectivity index (χ1v) is 5.90. The van der Waals surface area contributed by atoms with Gasteiger partial charge in [0.15, 0.2) is 0 Å². The Morgan fingerprint density at radius 3 is 1.69 bits per heavy atom. The minimum Gasteiger partial charge on any atom is -0.317 e. The number of hydrogen-bond donors (Lipinski definition) is 1. The van der Waals surface area contributed by atoms with Gasteiger partial charge in [-0.15, -0.1) is 0 Å². The zero-order valence-electron chi connectivity index (χ0n) is 10.9. The van der Waals surface area contributed by atoms with E-state index in [4.69, 9.17) is 0 Å². The van der Waals surface area contributed by atoms with E-state index in [2.05, 4.69) is 33.0 Å². The van der Waals surface area contributed by atoms with Crippen LogP contribution in [0.5, 0.6) is 0 Å². The highest BCUT2D eigenvalue weighted by molar-refractivity contribution is 4.54. The van der Waals surface area contributed by atoms with Crippen LogP contribution < -0.4 is 5.32 Å². The van der Waals surface area contributed by atoms with Crippen LogP contribution in [0.2, 0.25) is 0 Å². The molecular formula is C12H31N. The molecule has 0 aromatic heterocycles. The lowest BCUT2D eigenvalue weighted by molar-refractivity contribution is 0.537. The molecule has 0 bridgehead atoms. The van der Waals surface area contributed by atoms with Crippen molar-refractivity contribution in [3.63, 3.8) is 0 Å². The summed E-state index contributed by atoms with van der Waals surface area (Å²) in [6.45, 7) is 12.7.